The fraction of sp³-hybridized carbons (Fsp3) is 0.438. The van der Waals surface area contributed by atoms with Crippen molar-refractivity contribution in [2.24, 2.45) is 0 Å². The van der Waals surface area contributed by atoms with Gasteiger partial charge in [0.15, 0.2) is 0 Å². The number of thioether (sulfide) groups is 2. The fourth-order valence-corrected chi connectivity index (χ4v) is 3.77. The molecule has 0 unspecified atom stereocenters. The molecule has 23 heavy (non-hydrogen) atoms. The van der Waals surface area contributed by atoms with E-state index in [0.29, 0.717) is 17.9 Å². The van der Waals surface area contributed by atoms with Crippen LogP contribution >= 0.6 is 23.5 Å². The minimum Gasteiger partial charge on any atom is -0.392 e. The molecule has 124 valence electrons. The van der Waals surface area contributed by atoms with Crippen LogP contribution in [0.15, 0.2) is 30.3 Å². The van der Waals surface area contributed by atoms with Crippen LogP contribution in [-0.2, 0) is 20.1 Å². The van der Waals surface area contributed by atoms with Crippen molar-refractivity contribution in [2.45, 2.75) is 31.1 Å². The van der Waals surface area contributed by atoms with E-state index in [1.807, 2.05) is 30.3 Å². The number of carbonyl (C=O) groups excluding carboxylic acids is 3. The van der Waals surface area contributed by atoms with Crippen molar-refractivity contribution in [1.82, 2.24) is 5.32 Å². The Labute approximate surface area is 143 Å². The molecule has 1 aromatic rings. The normalized spacial score (nSPS) is 17.0. The quantitative estimate of drug-likeness (QED) is 0.622. The largest absolute Gasteiger partial charge is 0.392 e. The van der Waals surface area contributed by atoms with Gasteiger partial charge in [-0.25, -0.2) is 4.79 Å². The molecule has 0 amide bonds. The van der Waals surface area contributed by atoms with Crippen LogP contribution in [0.3, 0.4) is 0 Å². The topological polar surface area (TPSA) is 72.5 Å². The molecule has 1 N–H and O–H groups in total. The van der Waals surface area contributed by atoms with Crippen LogP contribution in [0.1, 0.15) is 24.8 Å². The SMILES string of the molecule is O=C(CCSC(=O)SCc1ccccc1)OC(=O)[C@@H]1CCCN1. The molecule has 1 saturated heterocycles. The van der Waals surface area contributed by atoms with Crippen LogP contribution < -0.4 is 5.32 Å². The summed E-state index contributed by atoms with van der Waals surface area (Å²) < 4.78 is 4.74. The number of nitrogens with one attached hydrogen (secondary N) is 1. The molecule has 0 aliphatic carbocycles. The first-order valence-electron chi connectivity index (χ1n) is 7.46. The zero-order chi connectivity index (χ0) is 16.5. The van der Waals surface area contributed by atoms with Crippen molar-refractivity contribution in [3.8, 4) is 0 Å². The monoisotopic (exact) mass is 353 g/mol. The molecule has 0 saturated carbocycles. The zero-order valence-corrected chi connectivity index (χ0v) is 14.3. The minimum atomic E-state index is -0.572. The maximum absolute atomic E-state index is 11.7. The van der Waals surface area contributed by atoms with Crippen molar-refractivity contribution in [2.75, 3.05) is 12.3 Å². The lowest BCUT2D eigenvalue weighted by atomic mass is 10.2. The highest BCUT2D eigenvalue weighted by Crippen LogP contribution is 2.21. The number of carbonyl (C=O) groups is 3. The van der Waals surface area contributed by atoms with Crippen molar-refractivity contribution < 1.29 is 19.1 Å². The first-order chi connectivity index (χ1) is 11.1. The zero-order valence-electron chi connectivity index (χ0n) is 12.7. The highest BCUT2D eigenvalue weighted by Gasteiger charge is 2.25. The van der Waals surface area contributed by atoms with Crippen LogP contribution in [-0.4, -0.2) is 34.7 Å². The molecule has 5 nitrogen and oxygen atoms in total. The molecule has 1 aliphatic rings. The van der Waals surface area contributed by atoms with Crippen molar-refractivity contribution >= 4 is 39.9 Å². The van der Waals surface area contributed by atoms with Crippen molar-refractivity contribution in [3.05, 3.63) is 35.9 Å². The molecule has 0 aromatic heterocycles. The Balaban J connectivity index is 1.57. The third-order valence-corrected chi connectivity index (χ3v) is 5.35. The predicted molar refractivity (Wildman–Crippen MR) is 92.3 cm³/mol. The molecule has 0 bridgehead atoms. The van der Waals surface area contributed by atoms with Gasteiger partial charge in [0, 0.05) is 11.5 Å². The second-order valence-electron chi connectivity index (χ2n) is 5.06. The summed E-state index contributed by atoms with van der Waals surface area (Å²) in [5.74, 6) is -0.146. The summed E-state index contributed by atoms with van der Waals surface area (Å²) in [4.78, 5) is 34.9. The minimum absolute atomic E-state index is 0.0366. The van der Waals surface area contributed by atoms with E-state index in [2.05, 4.69) is 5.32 Å². The average molecular weight is 353 g/mol. The Bertz CT molecular complexity index is 544. The van der Waals surface area contributed by atoms with Crippen LogP contribution in [0.25, 0.3) is 0 Å². The predicted octanol–water partition coefficient (Wildman–Crippen LogP) is 2.98. The maximum atomic E-state index is 11.7. The fourth-order valence-electron chi connectivity index (χ4n) is 2.10. The summed E-state index contributed by atoms with van der Waals surface area (Å²) in [6.07, 6.45) is 1.67. The number of ether oxygens (including phenoxy) is 1. The van der Waals surface area contributed by atoms with E-state index in [9.17, 15) is 14.4 Å². The summed E-state index contributed by atoms with van der Waals surface area (Å²) in [7, 11) is 0. The van der Waals surface area contributed by atoms with Crippen molar-refractivity contribution in [3.63, 3.8) is 0 Å². The van der Waals surface area contributed by atoms with Crippen LogP contribution in [0, 0.1) is 0 Å². The molecule has 1 atom stereocenters. The van der Waals surface area contributed by atoms with Gasteiger partial charge < -0.3 is 10.1 Å². The standard InChI is InChI=1S/C16H19NO4S2/c18-14(21-15(19)13-7-4-9-17-13)8-10-22-16(20)23-11-12-5-2-1-3-6-12/h1-3,5-6,13,17H,4,7-11H2/t13-/m0/s1. The van der Waals surface area contributed by atoms with Gasteiger partial charge in [-0.15, -0.1) is 0 Å². The second-order valence-corrected chi connectivity index (χ2v) is 7.34. The summed E-state index contributed by atoms with van der Waals surface area (Å²) >= 11 is 2.29. The van der Waals surface area contributed by atoms with Gasteiger partial charge in [-0.3, -0.25) is 9.59 Å². The Morgan fingerprint density at radius 1 is 1.17 bits per heavy atom. The number of esters is 2. The third-order valence-electron chi connectivity index (χ3n) is 3.28. The Kier molecular flexibility index (Phi) is 7.64. The summed E-state index contributed by atoms with van der Waals surface area (Å²) in [5, 5.41) is 2.98. The number of hydrogen-bond donors (Lipinski definition) is 1. The van der Waals surface area contributed by atoms with Gasteiger partial charge in [0.2, 0.25) is 4.45 Å². The highest BCUT2D eigenvalue weighted by molar-refractivity contribution is 8.38. The maximum Gasteiger partial charge on any atom is 0.330 e. The molecule has 1 fully saturated rings. The average Bonchev–Trinajstić information content (AvgIpc) is 3.08. The number of rotatable bonds is 6. The van der Waals surface area contributed by atoms with Gasteiger partial charge in [-0.1, -0.05) is 53.9 Å². The molecule has 1 aliphatic heterocycles. The van der Waals surface area contributed by atoms with Gasteiger partial charge in [-0.05, 0) is 24.9 Å². The van der Waals surface area contributed by atoms with Gasteiger partial charge in [-0.2, -0.15) is 0 Å². The molecular formula is C16H19NO4S2. The van der Waals surface area contributed by atoms with E-state index in [0.717, 1.165) is 30.3 Å². The molecule has 1 aromatic carbocycles. The van der Waals surface area contributed by atoms with Crippen LogP contribution in [0.4, 0.5) is 4.79 Å². The smallest absolute Gasteiger partial charge is 0.330 e. The third kappa shape index (κ3) is 6.76. The lowest BCUT2D eigenvalue weighted by Gasteiger charge is -2.08. The molecule has 2 rings (SSSR count). The van der Waals surface area contributed by atoms with E-state index in [4.69, 9.17) is 4.74 Å². The van der Waals surface area contributed by atoms with E-state index >= 15 is 0 Å². The first-order valence-corrected chi connectivity index (χ1v) is 9.43. The van der Waals surface area contributed by atoms with Gasteiger partial charge >= 0.3 is 11.9 Å². The number of hydrogen-bond acceptors (Lipinski definition) is 7. The molecule has 1 heterocycles. The Morgan fingerprint density at radius 2 is 1.96 bits per heavy atom. The van der Waals surface area contributed by atoms with E-state index < -0.39 is 11.9 Å². The summed E-state index contributed by atoms with van der Waals surface area (Å²) in [6.45, 7) is 0.775. The van der Waals surface area contributed by atoms with Crippen LogP contribution in [0.2, 0.25) is 0 Å². The lowest BCUT2D eigenvalue weighted by molar-refractivity contribution is -0.160. The first kappa shape index (κ1) is 18.0. The van der Waals surface area contributed by atoms with Crippen LogP contribution in [0.5, 0.6) is 0 Å². The highest BCUT2D eigenvalue weighted by atomic mass is 32.2. The van der Waals surface area contributed by atoms with E-state index in [1.54, 1.807) is 0 Å². The molecule has 7 heteroatoms. The van der Waals surface area contributed by atoms with Crippen molar-refractivity contribution in [1.29, 1.82) is 0 Å². The van der Waals surface area contributed by atoms with Gasteiger partial charge in [0.25, 0.3) is 0 Å². The summed E-state index contributed by atoms with van der Waals surface area (Å²) in [6, 6.07) is 9.35. The van der Waals surface area contributed by atoms with Gasteiger partial charge in [0.05, 0.1) is 6.42 Å². The molecular weight excluding hydrogens is 334 g/mol. The van der Waals surface area contributed by atoms with E-state index in [1.165, 1.54) is 11.8 Å². The Hall–Kier alpha value is -1.31. The summed E-state index contributed by atoms with van der Waals surface area (Å²) in [5.41, 5.74) is 1.08. The molecule has 0 spiro atoms. The lowest BCUT2D eigenvalue weighted by Crippen LogP contribution is -2.33. The van der Waals surface area contributed by atoms with E-state index in [-0.39, 0.29) is 16.9 Å². The molecule has 0 radical (unpaired) electrons. The second kappa shape index (κ2) is 9.75. The number of benzene rings is 1. The van der Waals surface area contributed by atoms with Gasteiger partial charge in [0.1, 0.15) is 6.04 Å². The Morgan fingerprint density at radius 3 is 2.65 bits per heavy atom.